The number of benzene rings is 2. The minimum Gasteiger partial charge on any atom is -0.497 e. The van der Waals surface area contributed by atoms with Gasteiger partial charge in [0.1, 0.15) is 11.4 Å². The van der Waals surface area contributed by atoms with Gasteiger partial charge in [-0.25, -0.2) is 9.78 Å². The summed E-state index contributed by atoms with van der Waals surface area (Å²) < 4.78 is 5.43. The van der Waals surface area contributed by atoms with Gasteiger partial charge in [0, 0.05) is 35.1 Å². The van der Waals surface area contributed by atoms with Gasteiger partial charge in [-0.15, -0.1) is 0 Å². The number of fused-ring (bicyclic) bond motifs is 3. The van der Waals surface area contributed by atoms with E-state index in [4.69, 9.17) is 4.74 Å². The molecule has 2 aromatic heterocycles. The number of carbonyl (C=O) groups excluding carboxylic acids is 1. The van der Waals surface area contributed by atoms with Crippen LogP contribution in [0, 0.1) is 6.92 Å². The molecule has 0 spiro atoms. The van der Waals surface area contributed by atoms with Gasteiger partial charge < -0.3 is 9.72 Å². The lowest BCUT2D eigenvalue weighted by molar-refractivity contribution is 0.250. The average molecular weight is 398 g/mol. The van der Waals surface area contributed by atoms with E-state index in [1.54, 1.807) is 12.0 Å². The fourth-order valence-corrected chi connectivity index (χ4v) is 4.07. The molecule has 3 heterocycles. The minimum atomic E-state index is -0.0623. The standard InChI is InChI=1S/C24H22N4O2/c1-16-10-19(12-20(11-16)30-2)27-15-18-13-26-23-21(8-9-25-23)22(18)28(24(27)29)14-17-6-4-3-5-7-17/h3-13H,14-15H2,1-2H3,(H,25,26). The molecule has 0 aliphatic carbocycles. The molecule has 0 saturated carbocycles. The van der Waals surface area contributed by atoms with Gasteiger partial charge in [-0.05, 0) is 36.2 Å². The maximum absolute atomic E-state index is 13.7. The molecule has 0 atom stereocenters. The largest absolute Gasteiger partial charge is 0.497 e. The number of ether oxygens (including phenoxy) is 1. The monoisotopic (exact) mass is 398 g/mol. The first-order chi connectivity index (χ1) is 14.6. The summed E-state index contributed by atoms with van der Waals surface area (Å²) in [7, 11) is 1.64. The van der Waals surface area contributed by atoms with E-state index in [-0.39, 0.29) is 6.03 Å². The minimum absolute atomic E-state index is 0.0623. The van der Waals surface area contributed by atoms with Crippen molar-refractivity contribution in [2.45, 2.75) is 20.0 Å². The molecule has 6 heteroatoms. The Morgan fingerprint density at radius 2 is 1.97 bits per heavy atom. The summed E-state index contributed by atoms with van der Waals surface area (Å²) in [5.41, 5.74) is 5.64. The number of pyridine rings is 1. The first-order valence-corrected chi connectivity index (χ1v) is 9.87. The van der Waals surface area contributed by atoms with E-state index in [9.17, 15) is 4.79 Å². The van der Waals surface area contributed by atoms with E-state index in [0.29, 0.717) is 13.1 Å². The van der Waals surface area contributed by atoms with Crippen molar-refractivity contribution in [3.8, 4) is 5.75 Å². The Hall–Kier alpha value is -3.80. The van der Waals surface area contributed by atoms with Gasteiger partial charge in [0.2, 0.25) is 0 Å². The molecular formula is C24H22N4O2. The number of carbonyl (C=O) groups is 1. The first kappa shape index (κ1) is 18.2. The summed E-state index contributed by atoms with van der Waals surface area (Å²) in [5.74, 6) is 0.734. The Balaban J connectivity index is 1.65. The van der Waals surface area contributed by atoms with Crippen LogP contribution in [0.15, 0.2) is 67.0 Å². The van der Waals surface area contributed by atoms with Crippen molar-refractivity contribution in [2.24, 2.45) is 0 Å². The summed E-state index contributed by atoms with van der Waals surface area (Å²) in [4.78, 5) is 25.1. The van der Waals surface area contributed by atoms with Crippen LogP contribution in [0.5, 0.6) is 5.75 Å². The third kappa shape index (κ3) is 3.06. The Morgan fingerprint density at radius 3 is 2.77 bits per heavy atom. The van der Waals surface area contributed by atoms with Gasteiger partial charge in [0.25, 0.3) is 0 Å². The highest BCUT2D eigenvalue weighted by atomic mass is 16.5. The Labute approximate surface area is 174 Å². The highest BCUT2D eigenvalue weighted by Crippen LogP contribution is 2.38. The number of aromatic amines is 1. The lowest BCUT2D eigenvalue weighted by Crippen LogP contribution is -2.47. The van der Waals surface area contributed by atoms with Gasteiger partial charge in [-0.3, -0.25) is 9.80 Å². The maximum Gasteiger partial charge on any atom is 0.329 e. The predicted octanol–water partition coefficient (Wildman–Crippen LogP) is 5.03. The van der Waals surface area contributed by atoms with Crippen molar-refractivity contribution in [1.82, 2.24) is 9.97 Å². The number of nitrogens with zero attached hydrogens (tertiary/aromatic N) is 3. The molecule has 2 amide bonds. The first-order valence-electron chi connectivity index (χ1n) is 9.87. The molecule has 1 aliphatic heterocycles. The Kier molecular flexibility index (Phi) is 4.39. The molecule has 0 fully saturated rings. The van der Waals surface area contributed by atoms with Crippen LogP contribution in [0.2, 0.25) is 0 Å². The van der Waals surface area contributed by atoms with Gasteiger partial charge in [0.05, 0.1) is 25.9 Å². The summed E-state index contributed by atoms with van der Waals surface area (Å²) in [6.07, 6.45) is 3.72. The zero-order valence-electron chi connectivity index (χ0n) is 16.9. The molecule has 150 valence electrons. The number of H-pyrrole nitrogens is 1. The molecule has 6 nitrogen and oxygen atoms in total. The molecule has 2 aromatic carbocycles. The molecule has 0 saturated heterocycles. The van der Waals surface area contributed by atoms with E-state index in [1.165, 1.54) is 0 Å². The van der Waals surface area contributed by atoms with Gasteiger partial charge in [0.15, 0.2) is 0 Å². The topological polar surface area (TPSA) is 61.5 Å². The smallest absolute Gasteiger partial charge is 0.329 e. The van der Waals surface area contributed by atoms with Crippen LogP contribution in [0.25, 0.3) is 11.0 Å². The SMILES string of the molecule is COc1cc(C)cc(N2Cc3cnc4[nH]ccc4c3N(Cc3ccccc3)C2=O)c1. The number of aromatic nitrogens is 2. The number of urea groups is 1. The molecule has 1 aliphatic rings. The zero-order valence-corrected chi connectivity index (χ0v) is 16.9. The van der Waals surface area contributed by atoms with Crippen LogP contribution in [-0.2, 0) is 13.1 Å². The number of anilines is 2. The second-order valence-corrected chi connectivity index (χ2v) is 7.52. The van der Waals surface area contributed by atoms with E-state index in [1.807, 2.05) is 78.8 Å². The number of hydrogen-bond acceptors (Lipinski definition) is 3. The summed E-state index contributed by atoms with van der Waals surface area (Å²) in [6.45, 7) is 2.94. The maximum atomic E-state index is 13.7. The fraction of sp³-hybridized carbons (Fsp3) is 0.167. The van der Waals surface area contributed by atoms with Gasteiger partial charge in [-0.1, -0.05) is 30.3 Å². The van der Waals surface area contributed by atoms with E-state index < -0.39 is 0 Å². The Morgan fingerprint density at radius 1 is 1.13 bits per heavy atom. The Bertz CT molecular complexity index is 1230. The van der Waals surface area contributed by atoms with Crippen LogP contribution >= 0.6 is 0 Å². The summed E-state index contributed by atoms with van der Waals surface area (Å²) in [6, 6.07) is 17.8. The molecule has 5 rings (SSSR count). The van der Waals surface area contributed by atoms with Crippen LogP contribution in [0.1, 0.15) is 16.7 Å². The van der Waals surface area contributed by atoms with Gasteiger partial charge in [-0.2, -0.15) is 0 Å². The number of aryl methyl sites for hydroxylation is 1. The van der Waals surface area contributed by atoms with Crippen LogP contribution in [0.4, 0.5) is 16.2 Å². The highest BCUT2D eigenvalue weighted by Gasteiger charge is 2.33. The molecule has 4 aromatic rings. The summed E-state index contributed by atoms with van der Waals surface area (Å²) >= 11 is 0. The lowest BCUT2D eigenvalue weighted by Gasteiger charge is -2.37. The normalized spacial score (nSPS) is 13.6. The van der Waals surface area contributed by atoms with Crippen molar-refractivity contribution in [3.05, 3.63) is 83.7 Å². The van der Waals surface area contributed by atoms with Crippen LogP contribution in [-0.4, -0.2) is 23.1 Å². The van der Waals surface area contributed by atoms with E-state index >= 15 is 0 Å². The molecular weight excluding hydrogens is 376 g/mol. The predicted molar refractivity (Wildman–Crippen MR) is 118 cm³/mol. The number of rotatable bonds is 4. The quantitative estimate of drug-likeness (QED) is 0.525. The van der Waals surface area contributed by atoms with Crippen LogP contribution < -0.4 is 14.5 Å². The number of methoxy groups -OCH3 is 1. The molecule has 30 heavy (non-hydrogen) atoms. The third-order valence-electron chi connectivity index (χ3n) is 5.46. The number of nitrogens with one attached hydrogen (secondary N) is 1. The van der Waals surface area contributed by atoms with Crippen molar-refractivity contribution in [1.29, 1.82) is 0 Å². The van der Waals surface area contributed by atoms with Crippen molar-refractivity contribution >= 4 is 28.4 Å². The lowest BCUT2D eigenvalue weighted by atomic mass is 10.1. The number of hydrogen-bond donors (Lipinski definition) is 1. The fourth-order valence-electron chi connectivity index (χ4n) is 4.07. The molecule has 0 radical (unpaired) electrons. The average Bonchev–Trinajstić information content (AvgIpc) is 3.24. The highest BCUT2D eigenvalue weighted by molar-refractivity contribution is 6.11. The molecule has 1 N–H and O–H groups in total. The number of amides is 2. The van der Waals surface area contributed by atoms with Crippen LogP contribution in [0.3, 0.4) is 0 Å². The molecule has 0 bridgehead atoms. The van der Waals surface area contributed by atoms with Crippen molar-refractivity contribution in [3.63, 3.8) is 0 Å². The van der Waals surface area contributed by atoms with Crippen molar-refractivity contribution < 1.29 is 9.53 Å². The van der Waals surface area contributed by atoms with E-state index in [0.717, 1.165) is 44.8 Å². The van der Waals surface area contributed by atoms with Crippen molar-refractivity contribution in [2.75, 3.05) is 16.9 Å². The molecule has 0 unspecified atom stereocenters. The zero-order chi connectivity index (χ0) is 20.7. The second kappa shape index (κ2) is 7.22. The third-order valence-corrected chi connectivity index (χ3v) is 5.46. The summed E-state index contributed by atoms with van der Waals surface area (Å²) in [5, 5.41) is 0.957. The van der Waals surface area contributed by atoms with Gasteiger partial charge >= 0.3 is 6.03 Å². The van der Waals surface area contributed by atoms with E-state index in [2.05, 4.69) is 9.97 Å². The second-order valence-electron chi connectivity index (χ2n) is 7.52.